The molecular formula is C18H17NO3. The molecule has 0 amide bonds. The van der Waals surface area contributed by atoms with Crippen LogP contribution in [0, 0.1) is 30.9 Å². The Hall–Kier alpha value is -2.75. The van der Waals surface area contributed by atoms with Crippen LogP contribution in [0.3, 0.4) is 0 Å². The molecule has 0 aliphatic carbocycles. The Bertz CT molecular complexity index is 776. The predicted octanol–water partition coefficient (Wildman–Crippen LogP) is 4.42. The van der Waals surface area contributed by atoms with Crippen molar-refractivity contribution in [3.8, 4) is 0 Å². The Labute approximate surface area is 129 Å². The lowest BCUT2D eigenvalue weighted by Gasteiger charge is -2.06. The van der Waals surface area contributed by atoms with Crippen molar-refractivity contribution in [3.63, 3.8) is 0 Å². The van der Waals surface area contributed by atoms with Crippen LogP contribution in [0.15, 0.2) is 42.5 Å². The van der Waals surface area contributed by atoms with Crippen molar-refractivity contribution in [3.05, 3.63) is 80.4 Å². The Morgan fingerprint density at radius 3 is 2.41 bits per heavy atom. The van der Waals surface area contributed by atoms with Crippen molar-refractivity contribution >= 4 is 17.5 Å². The van der Waals surface area contributed by atoms with E-state index in [9.17, 15) is 14.9 Å². The van der Waals surface area contributed by atoms with Crippen molar-refractivity contribution in [2.24, 2.45) is 0 Å². The first kappa shape index (κ1) is 15.6. The summed E-state index contributed by atoms with van der Waals surface area (Å²) in [5, 5.41) is 10.7. The number of nitro groups is 1. The first-order chi connectivity index (χ1) is 10.4. The molecule has 112 valence electrons. The Morgan fingerprint density at radius 2 is 1.73 bits per heavy atom. The minimum atomic E-state index is -0.452. The molecule has 0 aliphatic heterocycles. The molecule has 0 unspecified atom stereocenters. The molecule has 0 aliphatic rings. The van der Waals surface area contributed by atoms with Gasteiger partial charge < -0.3 is 0 Å². The third-order valence-corrected chi connectivity index (χ3v) is 3.61. The summed E-state index contributed by atoms with van der Waals surface area (Å²) >= 11 is 0. The highest BCUT2D eigenvalue weighted by Crippen LogP contribution is 2.18. The zero-order valence-corrected chi connectivity index (χ0v) is 12.8. The largest absolute Gasteiger partial charge is 0.289 e. The van der Waals surface area contributed by atoms with Crippen molar-refractivity contribution in [2.45, 2.75) is 20.8 Å². The van der Waals surface area contributed by atoms with Crippen LogP contribution in [0.1, 0.15) is 32.6 Å². The number of nitro benzene ring substituents is 1. The van der Waals surface area contributed by atoms with Crippen molar-refractivity contribution < 1.29 is 9.72 Å². The molecule has 4 nitrogen and oxygen atoms in total. The van der Waals surface area contributed by atoms with Crippen LogP contribution >= 0.6 is 0 Å². The Balaban J connectivity index is 2.27. The van der Waals surface area contributed by atoms with E-state index in [1.54, 1.807) is 18.2 Å². The van der Waals surface area contributed by atoms with Gasteiger partial charge in [0.1, 0.15) is 0 Å². The molecule has 0 spiro atoms. The normalized spacial score (nSPS) is 10.9. The number of aryl methyl sites for hydroxylation is 3. The van der Waals surface area contributed by atoms with E-state index in [2.05, 4.69) is 0 Å². The van der Waals surface area contributed by atoms with Crippen LogP contribution in [-0.4, -0.2) is 10.7 Å². The average molecular weight is 295 g/mol. The standard InChI is InChI=1S/C18H17NO3/c1-12-9-14(3)17(10-13(12)2)18(20)8-7-15-5-4-6-16(11-15)19(21)22/h4-11H,1-3H3. The van der Waals surface area contributed by atoms with Crippen molar-refractivity contribution in [1.82, 2.24) is 0 Å². The van der Waals surface area contributed by atoms with Gasteiger partial charge in [-0.05, 0) is 55.2 Å². The van der Waals surface area contributed by atoms with Gasteiger partial charge in [-0.15, -0.1) is 0 Å². The van der Waals surface area contributed by atoms with Gasteiger partial charge in [-0.25, -0.2) is 0 Å². The predicted molar refractivity (Wildman–Crippen MR) is 87.1 cm³/mol. The van der Waals surface area contributed by atoms with E-state index < -0.39 is 4.92 Å². The van der Waals surface area contributed by atoms with E-state index in [1.807, 2.05) is 32.9 Å². The van der Waals surface area contributed by atoms with Gasteiger partial charge in [0.2, 0.25) is 0 Å². The summed E-state index contributed by atoms with van der Waals surface area (Å²) in [4.78, 5) is 22.6. The van der Waals surface area contributed by atoms with Gasteiger partial charge in [-0.1, -0.05) is 24.3 Å². The summed E-state index contributed by atoms with van der Waals surface area (Å²) in [7, 11) is 0. The highest BCUT2D eigenvalue weighted by atomic mass is 16.6. The van der Waals surface area contributed by atoms with E-state index in [0.717, 1.165) is 16.7 Å². The van der Waals surface area contributed by atoms with Gasteiger partial charge in [0.25, 0.3) is 5.69 Å². The smallest absolute Gasteiger partial charge is 0.270 e. The van der Waals surface area contributed by atoms with Crippen LogP contribution in [0.5, 0.6) is 0 Å². The minimum absolute atomic E-state index is 0.0111. The maximum atomic E-state index is 12.3. The monoisotopic (exact) mass is 295 g/mol. The second-order valence-corrected chi connectivity index (χ2v) is 5.30. The molecule has 0 bridgehead atoms. The quantitative estimate of drug-likeness (QED) is 0.363. The van der Waals surface area contributed by atoms with Crippen LogP contribution in [0.25, 0.3) is 6.08 Å². The molecule has 0 fully saturated rings. The SMILES string of the molecule is Cc1cc(C)c(C(=O)C=Cc2cccc([N+](=O)[O-])c2)cc1C. The summed E-state index contributed by atoms with van der Waals surface area (Å²) in [6, 6.07) is 10.1. The summed E-state index contributed by atoms with van der Waals surface area (Å²) in [5.41, 5.74) is 4.44. The van der Waals surface area contributed by atoms with Crippen LogP contribution in [0.4, 0.5) is 5.69 Å². The van der Waals surface area contributed by atoms with Crippen LogP contribution in [0.2, 0.25) is 0 Å². The third-order valence-electron chi connectivity index (χ3n) is 3.61. The molecule has 2 rings (SSSR count). The van der Waals surface area contributed by atoms with Gasteiger partial charge in [0.05, 0.1) is 4.92 Å². The summed E-state index contributed by atoms with van der Waals surface area (Å²) in [6.45, 7) is 5.88. The third kappa shape index (κ3) is 3.47. The van der Waals surface area contributed by atoms with Crippen molar-refractivity contribution in [2.75, 3.05) is 0 Å². The molecule has 0 saturated carbocycles. The topological polar surface area (TPSA) is 60.2 Å². The number of carbonyl (C=O) groups excluding carboxylic acids is 1. The van der Waals surface area contributed by atoms with Gasteiger partial charge >= 0.3 is 0 Å². The maximum Gasteiger partial charge on any atom is 0.270 e. The van der Waals surface area contributed by atoms with Gasteiger partial charge in [-0.3, -0.25) is 14.9 Å². The molecular weight excluding hydrogens is 278 g/mol. The second kappa shape index (κ2) is 6.35. The number of ketones is 1. The van der Waals surface area contributed by atoms with Gasteiger partial charge in [0.15, 0.2) is 5.78 Å². The first-order valence-corrected chi connectivity index (χ1v) is 6.93. The zero-order valence-electron chi connectivity index (χ0n) is 12.8. The van der Waals surface area contributed by atoms with Gasteiger partial charge in [0, 0.05) is 17.7 Å². The Kier molecular flexibility index (Phi) is 4.51. The van der Waals surface area contributed by atoms with E-state index in [1.165, 1.54) is 18.2 Å². The number of benzene rings is 2. The molecule has 0 aromatic heterocycles. The second-order valence-electron chi connectivity index (χ2n) is 5.30. The molecule has 0 radical (unpaired) electrons. The lowest BCUT2D eigenvalue weighted by atomic mass is 9.97. The van der Waals surface area contributed by atoms with Crippen LogP contribution in [-0.2, 0) is 0 Å². The summed E-state index contributed by atoms with van der Waals surface area (Å²) in [6.07, 6.45) is 3.06. The van der Waals surface area contributed by atoms with E-state index in [4.69, 9.17) is 0 Å². The number of hydrogen-bond acceptors (Lipinski definition) is 3. The lowest BCUT2D eigenvalue weighted by molar-refractivity contribution is -0.384. The molecule has 0 atom stereocenters. The highest BCUT2D eigenvalue weighted by Gasteiger charge is 2.08. The molecule has 22 heavy (non-hydrogen) atoms. The van der Waals surface area contributed by atoms with Gasteiger partial charge in [-0.2, -0.15) is 0 Å². The van der Waals surface area contributed by atoms with E-state index in [-0.39, 0.29) is 11.5 Å². The number of nitrogens with zero attached hydrogens (tertiary/aromatic N) is 1. The minimum Gasteiger partial charge on any atom is -0.289 e. The van der Waals surface area contributed by atoms with Crippen molar-refractivity contribution in [1.29, 1.82) is 0 Å². The molecule has 2 aromatic carbocycles. The average Bonchev–Trinajstić information content (AvgIpc) is 2.48. The fourth-order valence-electron chi connectivity index (χ4n) is 2.23. The fraction of sp³-hybridized carbons (Fsp3) is 0.167. The maximum absolute atomic E-state index is 12.3. The number of non-ortho nitro benzene ring substituents is 1. The summed E-state index contributed by atoms with van der Waals surface area (Å²) < 4.78 is 0. The fourth-order valence-corrected chi connectivity index (χ4v) is 2.23. The Morgan fingerprint density at radius 1 is 1.05 bits per heavy atom. The number of hydrogen-bond donors (Lipinski definition) is 0. The number of allylic oxidation sites excluding steroid dienone is 1. The highest BCUT2D eigenvalue weighted by molar-refractivity contribution is 6.08. The molecule has 0 N–H and O–H groups in total. The molecule has 4 heteroatoms. The number of carbonyl (C=O) groups is 1. The number of rotatable bonds is 4. The van der Waals surface area contributed by atoms with Crippen LogP contribution < -0.4 is 0 Å². The summed E-state index contributed by atoms with van der Waals surface area (Å²) in [5.74, 6) is -0.105. The molecule has 2 aromatic rings. The molecule has 0 saturated heterocycles. The molecule has 0 heterocycles. The lowest BCUT2D eigenvalue weighted by Crippen LogP contribution is -2.00. The zero-order chi connectivity index (χ0) is 16.3. The first-order valence-electron chi connectivity index (χ1n) is 6.93. The van der Waals surface area contributed by atoms with E-state index >= 15 is 0 Å². The van der Waals surface area contributed by atoms with E-state index in [0.29, 0.717) is 11.1 Å².